The average molecular weight is 534 g/mol. The van der Waals surface area contributed by atoms with Gasteiger partial charge in [-0.1, -0.05) is 23.7 Å². The summed E-state index contributed by atoms with van der Waals surface area (Å²) in [6.45, 7) is 0.993. The molecule has 0 radical (unpaired) electrons. The summed E-state index contributed by atoms with van der Waals surface area (Å²) >= 11 is 5.97. The van der Waals surface area contributed by atoms with Crippen molar-refractivity contribution in [3.8, 4) is 11.5 Å². The lowest BCUT2D eigenvalue weighted by atomic mass is 10.0. The van der Waals surface area contributed by atoms with Gasteiger partial charge in [0.2, 0.25) is 11.8 Å². The van der Waals surface area contributed by atoms with Gasteiger partial charge in [0.25, 0.3) is 5.89 Å². The summed E-state index contributed by atoms with van der Waals surface area (Å²) in [6, 6.07) is 7.70. The molecule has 2 bridgehead atoms. The van der Waals surface area contributed by atoms with Gasteiger partial charge in [-0.3, -0.25) is 4.79 Å². The Kier molecular flexibility index (Phi) is 5.43. The number of anilines is 1. The molecule has 0 spiro atoms. The molecule has 10 nitrogen and oxygen atoms in total. The van der Waals surface area contributed by atoms with Gasteiger partial charge in [-0.15, -0.1) is 10.2 Å². The van der Waals surface area contributed by atoms with E-state index in [1.807, 2.05) is 0 Å². The number of hydrogen-bond acceptors (Lipinski definition) is 9. The zero-order chi connectivity index (χ0) is 25.2. The Morgan fingerprint density at radius 2 is 2.03 bits per heavy atom. The molecular formula is C23H21ClFN5O5S. The first-order chi connectivity index (χ1) is 17.1. The van der Waals surface area contributed by atoms with E-state index >= 15 is 4.39 Å². The molecule has 1 amide bonds. The van der Waals surface area contributed by atoms with Gasteiger partial charge in [-0.05, 0) is 29.8 Å². The molecule has 1 aromatic heterocycles. The van der Waals surface area contributed by atoms with Gasteiger partial charge in [-0.2, -0.15) is 0 Å². The second kappa shape index (κ2) is 8.32. The summed E-state index contributed by atoms with van der Waals surface area (Å²) in [4.78, 5) is 14.1. The number of carbonyl (C=O) groups excluding carboxylic acids is 1. The summed E-state index contributed by atoms with van der Waals surface area (Å²) in [7, 11) is -4.07. The van der Waals surface area contributed by atoms with Crippen molar-refractivity contribution in [2.45, 2.75) is 35.5 Å². The van der Waals surface area contributed by atoms with E-state index in [1.54, 1.807) is 24.3 Å². The first-order valence-corrected chi connectivity index (χ1v) is 13.3. The maximum atomic E-state index is 15.3. The van der Waals surface area contributed by atoms with E-state index < -0.39 is 39.0 Å². The van der Waals surface area contributed by atoms with Crippen LogP contribution < -0.4 is 16.0 Å². The molecule has 6 rings (SSSR count). The number of hydrogen-bond donors (Lipinski definition) is 2. The highest BCUT2D eigenvalue weighted by Gasteiger charge is 2.51. The number of rotatable bonds is 4. The molecule has 36 heavy (non-hydrogen) atoms. The van der Waals surface area contributed by atoms with Crippen LogP contribution in [0.5, 0.6) is 0 Å². The molecule has 188 valence electrons. The van der Waals surface area contributed by atoms with Crippen LogP contribution in [0, 0.1) is 5.82 Å². The standard InChI is InChI=1S/C23H21ClFN5O5S/c24-13-3-1-12(2-4-13)8-30-18-5-15(16(25)6-19(18)36(32,33)10-17(26)21(30)31)20-28-29-22(35-20)23-7-14(9-34-23)27-11-23/h1-6,14,17,27H,7-11,26H2/t14?,17-,23?/m0/s1. The molecule has 2 saturated heterocycles. The normalized spacial score (nSPS) is 26.8. The van der Waals surface area contributed by atoms with Crippen molar-refractivity contribution >= 4 is 33.0 Å². The summed E-state index contributed by atoms with van der Waals surface area (Å²) in [5.41, 5.74) is 5.70. The average Bonchev–Trinajstić information content (AvgIpc) is 3.59. The maximum Gasteiger partial charge on any atom is 0.250 e. The number of nitrogens with two attached hydrogens (primary N) is 1. The van der Waals surface area contributed by atoms with Crippen molar-refractivity contribution in [3.05, 3.63) is 58.7 Å². The lowest BCUT2D eigenvalue weighted by Crippen LogP contribution is -2.45. The van der Waals surface area contributed by atoms with E-state index in [1.165, 1.54) is 11.0 Å². The largest absolute Gasteiger partial charge is 0.417 e. The molecule has 0 aliphatic carbocycles. The van der Waals surface area contributed by atoms with Crippen LogP contribution in [0.15, 0.2) is 45.7 Å². The Bertz CT molecular complexity index is 1470. The van der Waals surface area contributed by atoms with Crippen LogP contribution in [-0.2, 0) is 31.5 Å². The van der Waals surface area contributed by atoms with Crippen LogP contribution >= 0.6 is 11.6 Å². The second-order valence-electron chi connectivity index (χ2n) is 9.24. The van der Waals surface area contributed by atoms with Crippen LogP contribution in [0.2, 0.25) is 5.02 Å². The number of carbonyl (C=O) groups is 1. The molecule has 13 heteroatoms. The molecule has 3 atom stereocenters. The predicted octanol–water partition coefficient (Wildman–Crippen LogP) is 1.76. The second-order valence-corrected chi connectivity index (χ2v) is 11.7. The Morgan fingerprint density at radius 3 is 2.69 bits per heavy atom. The fraction of sp³-hybridized carbons (Fsp3) is 0.348. The summed E-state index contributed by atoms with van der Waals surface area (Å²) < 4.78 is 53.1. The summed E-state index contributed by atoms with van der Waals surface area (Å²) in [5, 5.41) is 11.9. The molecule has 0 saturated carbocycles. The van der Waals surface area contributed by atoms with Crippen LogP contribution in [0.1, 0.15) is 17.9 Å². The minimum Gasteiger partial charge on any atom is -0.417 e. The van der Waals surface area contributed by atoms with E-state index in [2.05, 4.69) is 15.5 Å². The molecular weight excluding hydrogens is 513 g/mol. The lowest BCUT2D eigenvalue weighted by molar-refractivity contribution is -0.119. The highest BCUT2D eigenvalue weighted by atomic mass is 35.5. The smallest absolute Gasteiger partial charge is 0.250 e. The van der Waals surface area contributed by atoms with Crippen molar-refractivity contribution in [1.29, 1.82) is 0 Å². The zero-order valence-corrected chi connectivity index (χ0v) is 20.4. The van der Waals surface area contributed by atoms with E-state index in [-0.39, 0.29) is 40.5 Å². The summed E-state index contributed by atoms with van der Waals surface area (Å²) in [6.07, 6.45) is 0.654. The number of aromatic nitrogens is 2. The summed E-state index contributed by atoms with van der Waals surface area (Å²) in [5.74, 6) is -2.08. The molecule has 3 aliphatic rings. The number of amides is 1. The fourth-order valence-corrected chi connectivity index (χ4v) is 6.59. The third kappa shape index (κ3) is 3.80. The molecule has 2 aromatic carbocycles. The van der Waals surface area contributed by atoms with Gasteiger partial charge in [0.15, 0.2) is 15.4 Å². The van der Waals surface area contributed by atoms with E-state index in [0.29, 0.717) is 30.2 Å². The molecule has 3 N–H and O–H groups in total. The highest BCUT2D eigenvalue weighted by molar-refractivity contribution is 7.91. The van der Waals surface area contributed by atoms with Crippen molar-refractivity contribution in [2.75, 3.05) is 23.8 Å². The number of nitrogens with one attached hydrogen (secondary N) is 1. The number of nitrogens with zero attached hydrogens (tertiary/aromatic N) is 3. The Balaban J connectivity index is 1.46. The molecule has 3 aliphatic heterocycles. The van der Waals surface area contributed by atoms with Crippen LogP contribution in [-0.4, -0.2) is 55.5 Å². The lowest BCUT2D eigenvalue weighted by Gasteiger charge is -2.24. The van der Waals surface area contributed by atoms with Crippen molar-refractivity contribution in [2.24, 2.45) is 5.73 Å². The Hall–Kier alpha value is -2.90. The molecule has 2 unspecified atom stereocenters. The van der Waals surface area contributed by atoms with E-state index in [9.17, 15) is 13.2 Å². The maximum absolute atomic E-state index is 15.3. The van der Waals surface area contributed by atoms with Crippen molar-refractivity contribution in [1.82, 2.24) is 15.5 Å². The number of fused-ring (bicyclic) bond motifs is 3. The van der Waals surface area contributed by atoms with Gasteiger partial charge < -0.3 is 25.1 Å². The predicted molar refractivity (Wildman–Crippen MR) is 126 cm³/mol. The number of benzene rings is 2. The van der Waals surface area contributed by atoms with Crippen LogP contribution in [0.25, 0.3) is 11.5 Å². The topological polar surface area (TPSA) is 141 Å². The number of morpholine rings is 1. The Morgan fingerprint density at radius 1 is 1.25 bits per heavy atom. The van der Waals surface area contributed by atoms with Crippen molar-refractivity contribution < 1.29 is 26.8 Å². The van der Waals surface area contributed by atoms with Crippen LogP contribution in [0.4, 0.5) is 10.1 Å². The third-order valence-corrected chi connectivity index (χ3v) is 8.82. The first-order valence-electron chi connectivity index (χ1n) is 11.2. The van der Waals surface area contributed by atoms with Gasteiger partial charge in [0, 0.05) is 24.0 Å². The number of halogens is 2. The highest BCUT2D eigenvalue weighted by Crippen LogP contribution is 2.42. The fourth-order valence-electron chi connectivity index (χ4n) is 4.90. The molecule has 4 heterocycles. The number of sulfone groups is 1. The van der Waals surface area contributed by atoms with Gasteiger partial charge in [-0.25, -0.2) is 12.8 Å². The van der Waals surface area contributed by atoms with E-state index in [0.717, 1.165) is 6.07 Å². The van der Waals surface area contributed by atoms with Crippen molar-refractivity contribution in [3.63, 3.8) is 0 Å². The minimum atomic E-state index is -4.07. The monoisotopic (exact) mass is 533 g/mol. The minimum absolute atomic E-state index is 0.00358. The third-order valence-electron chi connectivity index (χ3n) is 6.77. The molecule has 2 fully saturated rings. The first kappa shape index (κ1) is 23.5. The number of ether oxygens (including phenoxy) is 1. The zero-order valence-electron chi connectivity index (χ0n) is 18.8. The van der Waals surface area contributed by atoms with Gasteiger partial charge in [0.05, 0.1) is 41.1 Å². The molecule has 3 aromatic rings. The quantitative estimate of drug-likeness (QED) is 0.513. The van der Waals surface area contributed by atoms with Gasteiger partial charge in [0.1, 0.15) is 5.82 Å². The SMILES string of the molecule is N[C@H]1CS(=O)(=O)c2cc(F)c(-c3nnc(C45CNC(CO4)C5)o3)cc2N(Cc2ccc(Cl)cc2)C1=O. The van der Waals surface area contributed by atoms with Gasteiger partial charge >= 0.3 is 0 Å². The van der Waals surface area contributed by atoms with E-state index in [4.69, 9.17) is 26.5 Å². The van der Waals surface area contributed by atoms with Crippen LogP contribution in [0.3, 0.4) is 0 Å². The Labute approximate surface area is 210 Å².